The van der Waals surface area contributed by atoms with Crippen LogP contribution in [0.5, 0.6) is 0 Å². The summed E-state index contributed by atoms with van der Waals surface area (Å²) in [6.07, 6.45) is 6.48. The van der Waals surface area contributed by atoms with Crippen LogP contribution in [0.4, 0.5) is 0 Å². The van der Waals surface area contributed by atoms with Gasteiger partial charge in [-0.3, -0.25) is 9.59 Å². The van der Waals surface area contributed by atoms with Crippen molar-refractivity contribution in [3.05, 3.63) is 0 Å². The van der Waals surface area contributed by atoms with E-state index in [4.69, 9.17) is 9.84 Å². The van der Waals surface area contributed by atoms with Gasteiger partial charge in [0.15, 0.2) is 0 Å². The van der Waals surface area contributed by atoms with Gasteiger partial charge in [-0.15, -0.1) is 0 Å². The Morgan fingerprint density at radius 2 is 1.90 bits per heavy atom. The van der Waals surface area contributed by atoms with Crippen molar-refractivity contribution in [2.75, 3.05) is 20.3 Å². The van der Waals surface area contributed by atoms with Crippen LogP contribution in [-0.2, 0) is 14.3 Å². The van der Waals surface area contributed by atoms with E-state index in [0.717, 1.165) is 38.5 Å². The molecule has 0 aromatic carbocycles. The Morgan fingerprint density at radius 1 is 1.25 bits per heavy atom. The van der Waals surface area contributed by atoms with E-state index in [-0.39, 0.29) is 17.7 Å². The summed E-state index contributed by atoms with van der Waals surface area (Å²) < 4.78 is 5.07. The van der Waals surface area contributed by atoms with Crippen LogP contribution in [0.3, 0.4) is 0 Å². The third-order valence-electron chi connectivity index (χ3n) is 4.56. The van der Waals surface area contributed by atoms with E-state index < -0.39 is 5.97 Å². The summed E-state index contributed by atoms with van der Waals surface area (Å²) in [5.41, 5.74) is -0.302. The molecule has 0 aliphatic heterocycles. The van der Waals surface area contributed by atoms with Crippen molar-refractivity contribution in [1.82, 2.24) is 4.90 Å². The minimum atomic E-state index is -0.783. The highest BCUT2D eigenvalue weighted by molar-refractivity contribution is 5.79. The molecule has 0 heterocycles. The van der Waals surface area contributed by atoms with E-state index in [9.17, 15) is 9.59 Å². The molecule has 0 saturated heterocycles. The SMILES string of the molecule is COCCN(C(=O)CC1(CC(=O)O)CCCC1)C1CC1. The number of carboxylic acids is 1. The Bertz CT molecular complexity index is 359. The molecule has 1 N–H and O–H groups in total. The summed E-state index contributed by atoms with van der Waals surface area (Å²) in [5, 5.41) is 9.11. The second-order valence-corrected chi connectivity index (χ2v) is 6.27. The molecule has 5 heteroatoms. The predicted octanol–water partition coefficient (Wildman–Crippen LogP) is 2.05. The highest BCUT2D eigenvalue weighted by Crippen LogP contribution is 2.45. The second-order valence-electron chi connectivity index (χ2n) is 6.27. The minimum absolute atomic E-state index is 0.118. The Balaban J connectivity index is 1.97. The second kappa shape index (κ2) is 6.57. The molecule has 5 nitrogen and oxygen atoms in total. The first kappa shape index (κ1) is 15.3. The number of methoxy groups -OCH3 is 1. The number of rotatable bonds is 8. The molecule has 0 aromatic heterocycles. The fourth-order valence-corrected chi connectivity index (χ4v) is 3.37. The molecule has 0 unspecified atom stereocenters. The number of carbonyl (C=O) groups excluding carboxylic acids is 1. The molecule has 0 bridgehead atoms. The lowest BCUT2D eigenvalue weighted by atomic mass is 9.79. The van der Waals surface area contributed by atoms with Gasteiger partial charge >= 0.3 is 5.97 Å². The van der Waals surface area contributed by atoms with Gasteiger partial charge < -0.3 is 14.7 Å². The van der Waals surface area contributed by atoms with E-state index >= 15 is 0 Å². The largest absolute Gasteiger partial charge is 0.481 e. The number of aliphatic carboxylic acids is 1. The Labute approximate surface area is 120 Å². The average molecular weight is 283 g/mol. The van der Waals surface area contributed by atoms with Crippen LogP contribution < -0.4 is 0 Å². The van der Waals surface area contributed by atoms with Crippen molar-refractivity contribution in [1.29, 1.82) is 0 Å². The summed E-state index contributed by atoms with van der Waals surface area (Å²) in [7, 11) is 1.64. The van der Waals surface area contributed by atoms with E-state index in [1.54, 1.807) is 7.11 Å². The molecule has 0 radical (unpaired) electrons. The van der Waals surface area contributed by atoms with Crippen molar-refractivity contribution in [3.63, 3.8) is 0 Å². The molecule has 20 heavy (non-hydrogen) atoms. The standard InChI is InChI=1S/C15H25NO4/c1-20-9-8-16(12-4-5-12)13(17)10-15(11-14(18)19)6-2-3-7-15/h12H,2-11H2,1H3,(H,18,19). The van der Waals surface area contributed by atoms with Crippen LogP contribution in [0, 0.1) is 5.41 Å². The van der Waals surface area contributed by atoms with Gasteiger partial charge in [0.1, 0.15) is 0 Å². The third kappa shape index (κ3) is 3.95. The topological polar surface area (TPSA) is 66.8 Å². The maximum absolute atomic E-state index is 12.6. The summed E-state index contributed by atoms with van der Waals surface area (Å²) in [6.45, 7) is 1.18. The molecule has 0 spiro atoms. The van der Waals surface area contributed by atoms with Gasteiger partial charge in [-0.2, -0.15) is 0 Å². The molecule has 0 aromatic rings. The lowest BCUT2D eigenvalue weighted by Gasteiger charge is -2.30. The highest BCUT2D eigenvalue weighted by Gasteiger charge is 2.41. The number of amides is 1. The molecule has 2 aliphatic rings. The van der Waals surface area contributed by atoms with Gasteiger partial charge in [0.05, 0.1) is 13.0 Å². The molecule has 2 rings (SSSR count). The third-order valence-corrected chi connectivity index (χ3v) is 4.56. The Kier molecular flexibility index (Phi) is 5.02. The van der Waals surface area contributed by atoms with Crippen molar-refractivity contribution in [3.8, 4) is 0 Å². The number of carboxylic acid groups (broad SMARTS) is 1. The summed E-state index contributed by atoms with van der Waals surface area (Å²) in [6, 6.07) is 0.362. The zero-order valence-electron chi connectivity index (χ0n) is 12.3. The normalized spacial score (nSPS) is 20.9. The monoisotopic (exact) mass is 283 g/mol. The first-order valence-electron chi connectivity index (χ1n) is 7.56. The summed E-state index contributed by atoms with van der Waals surface area (Å²) in [4.78, 5) is 25.5. The molecular weight excluding hydrogens is 258 g/mol. The first-order valence-corrected chi connectivity index (χ1v) is 7.56. The van der Waals surface area contributed by atoms with Crippen LogP contribution >= 0.6 is 0 Å². The number of hydrogen-bond acceptors (Lipinski definition) is 3. The summed E-state index contributed by atoms with van der Waals surface area (Å²) in [5.74, 6) is -0.665. The predicted molar refractivity (Wildman–Crippen MR) is 74.4 cm³/mol. The van der Waals surface area contributed by atoms with Gasteiger partial charge in [0, 0.05) is 26.1 Å². The molecule has 2 fully saturated rings. The Hall–Kier alpha value is -1.10. The number of nitrogens with zero attached hydrogens (tertiary/aromatic N) is 1. The maximum atomic E-state index is 12.6. The fourth-order valence-electron chi connectivity index (χ4n) is 3.37. The zero-order valence-corrected chi connectivity index (χ0v) is 12.3. The molecule has 2 aliphatic carbocycles. The van der Waals surface area contributed by atoms with Gasteiger partial charge in [-0.25, -0.2) is 0 Å². The number of ether oxygens (including phenoxy) is 1. The van der Waals surface area contributed by atoms with Crippen LogP contribution in [0.1, 0.15) is 51.4 Å². The van der Waals surface area contributed by atoms with E-state index in [1.165, 1.54) is 0 Å². The van der Waals surface area contributed by atoms with Crippen LogP contribution in [0.25, 0.3) is 0 Å². The summed E-state index contributed by atoms with van der Waals surface area (Å²) >= 11 is 0. The van der Waals surface area contributed by atoms with Gasteiger partial charge in [-0.05, 0) is 31.1 Å². The van der Waals surface area contributed by atoms with Crippen molar-refractivity contribution < 1.29 is 19.4 Å². The molecule has 1 amide bonds. The lowest BCUT2D eigenvalue weighted by molar-refractivity contribution is -0.141. The number of hydrogen-bond donors (Lipinski definition) is 1. The van der Waals surface area contributed by atoms with E-state index in [1.807, 2.05) is 4.90 Å². The minimum Gasteiger partial charge on any atom is -0.481 e. The number of carbonyl (C=O) groups is 2. The average Bonchev–Trinajstić information content (AvgIpc) is 3.11. The fraction of sp³-hybridized carbons (Fsp3) is 0.867. The molecule has 0 atom stereocenters. The van der Waals surface area contributed by atoms with E-state index in [2.05, 4.69) is 0 Å². The Morgan fingerprint density at radius 3 is 2.40 bits per heavy atom. The van der Waals surface area contributed by atoms with Crippen LogP contribution in [-0.4, -0.2) is 48.2 Å². The maximum Gasteiger partial charge on any atom is 0.303 e. The zero-order chi connectivity index (χ0) is 14.6. The van der Waals surface area contributed by atoms with Crippen molar-refractivity contribution in [2.45, 2.75) is 57.4 Å². The van der Waals surface area contributed by atoms with Crippen molar-refractivity contribution in [2.24, 2.45) is 5.41 Å². The quantitative estimate of drug-likeness (QED) is 0.740. The van der Waals surface area contributed by atoms with Crippen LogP contribution in [0.15, 0.2) is 0 Å². The molecule has 114 valence electrons. The highest BCUT2D eigenvalue weighted by atomic mass is 16.5. The van der Waals surface area contributed by atoms with E-state index in [0.29, 0.717) is 25.6 Å². The van der Waals surface area contributed by atoms with Crippen LogP contribution in [0.2, 0.25) is 0 Å². The van der Waals surface area contributed by atoms with Crippen molar-refractivity contribution >= 4 is 11.9 Å². The molecular formula is C15H25NO4. The molecule has 2 saturated carbocycles. The van der Waals surface area contributed by atoms with Gasteiger partial charge in [-0.1, -0.05) is 12.8 Å². The lowest BCUT2D eigenvalue weighted by Crippen LogP contribution is -2.39. The first-order chi connectivity index (χ1) is 9.56. The smallest absolute Gasteiger partial charge is 0.303 e. The van der Waals surface area contributed by atoms with Gasteiger partial charge in [0.25, 0.3) is 0 Å². The van der Waals surface area contributed by atoms with Gasteiger partial charge in [0.2, 0.25) is 5.91 Å².